The molecule has 80 valence electrons. The van der Waals surface area contributed by atoms with E-state index in [1.165, 1.54) is 0 Å². The van der Waals surface area contributed by atoms with E-state index in [4.69, 9.17) is 10.4 Å². The molecule has 4 heteroatoms. The van der Waals surface area contributed by atoms with Gasteiger partial charge in [-0.05, 0) is 17.7 Å². The molecular formula is C12H12N3O+. The third-order valence-corrected chi connectivity index (χ3v) is 2.45. The maximum atomic E-state index is 9.08. The van der Waals surface area contributed by atoms with Gasteiger partial charge < -0.3 is 5.11 Å². The molecule has 16 heavy (non-hydrogen) atoms. The Morgan fingerprint density at radius 2 is 2.06 bits per heavy atom. The van der Waals surface area contributed by atoms with E-state index in [-0.39, 0.29) is 6.61 Å². The molecule has 0 radical (unpaired) electrons. The van der Waals surface area contributed by atoms with Crippen LogP contribution in [-0.2, 0) is 13.2 Å². The average molecular weight is 214 g/mol. The third kappa shape index (κ3) is 2.10. The van der Waals surface area contributed by atoms with Crippen LogP contribution >= 0.6 is 0 Å². The zero-order valence-electron chi connectivity index (χ0n) is 8.72. The topological polar surface area (TPSA) is 63.7 Å². The van der Waals surface area contributed by atoms with Gasteiger partial charge in [0.2, 0.25) is 6.33 Å². The summed E-state index contributed by atoms with van der Waals surface area (Å²) < 4.78 is 1.93. The lowest BCUT2D eigenvalue weighted by molar-refractivity contribution is -0.695. The summed E-state index contributed by atoms with van der Waals surface area (Å²) in [5.41, 5.74) is 2.59. The van der Waals surface area contributed by atoms with Crippen LogP contribution in [0.25, 0.3) is 0 Å². The first-order valence-electron chi connectivity index (χ1n) is 4.98. The SMILES string of the molecule is N#Cc1ccc(C[n+]2c[nH]cc2CO)cc1. The Bertz CT molecular complexity index is 508. The Hall–Kier alpha value is -2.12. The van der Waals surface area contributed by atoms with Gasteiger partial charge in [0, 0.05) is 0 Å². The van der Waals surface area contributed by atoms with Gasteiger partial charge in [-0.15, -0.1) is 0 Å². The van der Waals surface area contributed by atoms with E-state index in [1.54, 1.807) is 18.3 Å². The van der Waals surface area contributed by atoms with Gasteiger partial charge in [0.25, 0.3) is 0 Å². The number of nitriles is 1. The Morgan fingerprint density at radius 1 is 1.31 bits per heavy atom. The summed E-state index contributed by atoms with van der Waals surface area (Å²) in [5, 5.41) is 17.8. The fraction of sp³-hybridized carbons (Fsp3) is 0.167. The van der Waals surface area contributed by atoms with E-state index in [2.05, 4.69) is 11.1 Å². The van der Waals surface area contributed by atoms with Crippen LogP contribution in [0, 0.1) is 11.3 Å². The summed E-state index contributed by atoms with van der Waals surface area (Å²) in [7, 11) is 0. The van der Waals surface area contributed by atoms with Gasteiger partial charge in [-0.1, -0.05) is 12.1 Å². The number of nitrogens with zero attached hydrogens (tertiary/aromatic N) is 2. The first-order valence-corrected chi connectivity index (χ1v) is 4.98. The fourth-order valence-corrected chi connectivity index (χ4v) is 1.55. The van der Waals surface area contributed by atoms with Crippen molar-refractivity contribution >= 4 is 0 Å². The molecule has 0 amide bonds. The Kier molecular flexibility index (Phi) is 2.99. The van der Waals surface area contributed by atoms with Crippen LogP contribution in [0.2, 0.25) is 0 Å². The number of rotatable bonds is 3. The second-order valence-corrected chi connectivity index (χ2v) is 3.53. The Labute approximate surface area is 93.4 Å². The summed E-state index contributed by atoms with van der Waals surface area (Å²) in [6.07, 6.45) is 3.58. The molecule has 0 bridgehead atoms. The molecular weight excluding hydrogens is 202 g/mol. The van der Waals surface area contributed by atoms with Crippen LogP contribution in [-0.4, -0.2) is 10.1 Å². The molecule has 0 fully saturated rings. The van der Waals surface area contributed by atoms with Crippen molar-refractivity contribution in [2.75, 3.05) is 0 Å². The van der Waals surface area contributed by atoms with Crippen molar-refractivity contribution in [3.05, 3.63) is 53.6 Å². The average Bonchev–Trinajstić information content (AvgIpc) is 2.77. The van der Waals surface area contributed by atoms with E-state index in [0.717, 1.165) is 11.3 Å². The predicted molar refractivity (Wildman–Crippen MR) is 57.2 cm³/mol. The standard InChI is InChI=1S/C12H11N3O/c13-5-10-1-3-11(4-2-10)7-15-9-14-6-12(15)8-16/h1-4,6,9,16H,7-8H2/p+1. The van der Waals surface area contributed by atoms with Crippen LogP contribution in [0.4, 0.5) is 0 Å². The minimum Gasteiger partial charge on any atom is -0.388 e. The first kappa shape index (κ1) is 10.4. The number of nitrogens with one attached hydrogen (secondary N) is 1. The predicted octanol–water partition coefficient (Wildman–Crippen LogP) is 0.714. The normalized spacial score (nSPS) is 10.0. The molecule has 0 aliphatic rings. The Balaban J connectivity index is 2.18. The number of aliphatic hydroxyl groups is 1. The molecule has 2 aromatic rings. The van der Waals surface area contributed by atoms with Gasteiger partial charge in [0.1, 0.15) is 19.3 Å². The van der Waals surface area contributed by atoms with E-state index < -0.39 is 0 Å². The molecule has 4 nitrogen and oxygen atoms in total. The molecule has 1 aromatic carbocycles. The number of benzene rings is 1. The molecule has 1 aromatic heterocycles. The van der Waals surface area contributed by atoms with Crippen LogP contribution in [0.3, 0.4) is 0 Å². The second kappa shape index (κ2) is 4.60. The highest BCUT2D eigenvalue weighted by molar-refractivity contribution is 5.31. The molecule has 0 aliphatic heterocycles. The summed E-state index contributed by atoms with van der Waals surface area (Å²) >= 11 is 0. The van der Waals surface area contributed by atoms with E-state index in [9.17, 15) is 0 Å². The fourth-order valence-electron chi connectivity index (χ4n) is 1.55. The van der Waals surface area contributed by atoms with Crippen molar-refractivity contribution in [1.82, 2.24) is 4.98 Å². The summed E-state index contributed by atoms with van der Waals surface area (Å²) in [4.78, 5) is 2.94. The van der Waals surface area contributed by atoms with Crippen LogP contribution in [0.15, 0.2) is 36.8 Å². The number of aliphatic hydroxyl groups excluding tert-OH is 1. The number of H-pyrrole nitrogens is 1. The lowest BCUT2D eigenvalue weighted by Crippen LogP contribution is -2.36. The van der Waals surface area contributed by atoms with Crippen LogP contribution < -0.4 is 4.57 Å². The third-order valence-electron chi connectivity index (χ3n) is 2.45. The molecule has 2 N–H and O–H groups in total. The van der Waals surface area contributed by atoms with Crippen molar-refractivity contribution in [2.24, 2.45) is 0 Å². The van der Waals surface area contributed by atoms with Gasteiger partial charge in [0.05, 0.1) is 11.6 Å². The van der Waals surface area contributed by atoms with E-state index in [1.807, 2.05) is 23.0 Å². The van der Waals surface area contributed by atoms with Crippen molar-refractivity contribution in [3.63, 3.8) is 0 Å². The molecule has 0 saturated carbocycles. The summed E-state index contributed by atoms with van der Waals surface area (Å²) in [5.74, 6) is 0. The minimum atomic E-state index is 0.0137. The second-order valence-electron chi connectivity index (χ2n) is 3.53. The number of aromatic nitrogens is 2. The maximum Gasteiger partial charge on any atom is 0.242 e. The van der Waals surface area contributed by atoms with Crippen LogP contribution in [0.5, 0.6) is 0 Å². The highest BCUT2D eigenvalue weighted by Gasteiger charge is 2.07. The largest absolute Gasteiger partial charge is 0.388 e. The highest BCUT2D eigenvalue weighted by atomic mass is 16.3. The van der Waals surface area contributed by atoms with Gasteiger partial charge >= 0.3 is 0 Å². The smallest absolute Gasteiger partial charge is 0.242 e. The van der Waals surface area contributed by atoms with E-state index >= 15 is 0 Å². The number of aromatic amines is 1. The van der Waals surface area contributed by atoms with Crippen molar-refractivity contribution < 1.29 is 9.67 Å². The quantitative estimate of drug-likeness (QED) is 0.739. The monoisotopic (exact) mass is 214 g/mol. The Morgan fingerprint density at radius 3 is 2.69 bits per heavy atom. The van der Waals surface area contributed by atoms with Crippen LogP contribution in [0.1, 0.15) is 16.8 Å². The molecule has 1 heterocycles. The van der Waals surface area contributed by atoms with Gasteiger partial charge in [-0.25, -0.2) is 9.55 Å². The van der Waals surface area contributed by atoms with Crippen molar-refractivity contribution in [3.8, 4) is 6.07 Å². The van der Waals surface area contributed by atoms with Gasteiger partial charge in [-0.2, -0.15) is 5.26 Å². The minimum absolute atomic E-state index is 0.0137. The highest BCUT2D eigenvalue weighted by Crippen LogP contribution is 2.03. The van der Waals surface area contributed by atoms with Crippen molar-refractivity contribution in [2.45, 2.75) is 13.2 Å². The molecule has 0 atom stereocenters. The molecule has 0 spiro atoms. The molecule has 2 rings (SSSR count). The number of hydrogen-bond acceptors (Lipinski definition) is 2. The van der Waals surface area contributed by atoms with Gasteiger partial charge in [0.15, 0.2) is 5.69 Å². The number of imidazole rings is 1. The van der Waals surface area contributed by atoms with Crippen molar-refractivity contribution in [1.29, 1.82) is 5.26 Å². The number of hydrogen-bond donors (Lipinski definition) is 2. The summed E-state index contributed by atoms with van der Waals surface area (Å²) in [6, 6.07) is 9.50. The lowest BCUT2D eigenvalue weighted by Gasteiger charge is -2.00. The zero-order valence-corrected chi connectivity index (χ0v) is 8.72. The zero-order chi connectivity index (χ0) is 11.4. The maximum absolute atomic E-state index is 9.08. The molecule has 0 unspecified atom stereocenters. The first-order chi connectivity index (χ1) is 7.83. The molecule has 0 saturated heterocycles. The molecule has 0 aliphatic carbocycles. The summed E-state index contributed by atoms with van der Waals surface area (Å²) in [6.45, 7) is 0.699. The van der Waals surface area contributed by atoms with Gasteiger partial charge in [-0.3, -0.25) is 0 Å². The lowest BCUT2D eigenvalue weighted by atomic mass is 10.1. The van der Waals surface area contributed by atoms with E-state index in [0.29, 0.717) is 12.1 Å².